The fourth-order valence-electron chi connectivity index (χ4n) is 1.77. The van der Waals surface area contributed by atoms with Crippen molar-refractivity contribution in [2.75, 3.05) is 5.32 Å². The Morgan fingerprint density at radius 2 is 1.81 bits per heavy atom. The number of amides is 1. The fourth-order valence-corrected chi connectivity index (χ4v) is 2.00. The van der Waals surface area contributed by atoms with Gasteiger partial charge in [0.15, 0.2) is 0 Å². The third-order valence-corrected chi connectivity index (χ3v) is 3.23. The summed E-state index contributed by atoms with van der Waals surface area (Å²) in [5.74, 6) is -1.51. The lowest BCUT2D eigenvalue weighted by Crippen LogP contribution is -2.27. The Bertz CT molecular complexity index is 674. The number of carboxylic acids is 1. The van der Waals surface area contributed by atoms with E-state index >= 15 is 0 Å². The van der Waals surface area contributed by atoms with Gasteiger partial charge in [0, 0.05) is 0 Å². The molecule has 21 heavy (non-hydrogen) atoms. The third-order valence-electron chi connectivity index (χ3n) is 2.92. The molecule has 0 spiro atoms. The van der Waals surface area contributed by atoms with Crippen molar-refractivity contribution >= 4 is 29.2 Å². The Morgan fingerprint density at radius 1 is 1.14 bits per heavy atom. The van der Waals surface area contributed by atoms with Crippen molar-refractivity contribution in [2.24, 2.45) is 5.73 Å². The number of nitrogens with two attached hydrogens (primary N) is 1. The average molecular weight is 305 g/mol. The van der Waals surface area contributed by atoms with Crippen LogP contribution in [0.3, 0.4) is 0 Å². The van der Waals surface area contributed by atoms with E-state index in [9.17, 15) is 9.59 Å². The molecule has 0 aliphatic heterocycles. The van der Waals surface area contributed by atoms with Gasteiger partial charge in [-0.2, -0.15) is 0 Å². The number of carboxylic acid groups (broad SMARTS) is 1. The number of benzene rings is 2. The number of hydrogen-bond acceptors (Lipinski definition) is 3. The van der Waals surface area contributed by atoms with E-state index in [1.807, 2.05) is 6.07 Å². The number of carbonyl (C=O) groups excluding carboxylic acids is 1. The van der Waals surface area contributed by atoms with Crippen LogP contribution in [-0.2, 0) is 4.79 Å². The Balaban J connectivity index is 2.15. The summed E-state index contributed by atoms with van der Waals surface area (Å²) in [5.41, 5.74) is 6.90. The molecule has 1 unspecified atom stereocenters. The molecule has 108 valence electrons. The molecule has 0 radical (unpaired) electrons. The molecule has 0 aromatic heterocycles. The molecule has 0 aliphatic rings. The summed E-state index contributed by atoms with van der Waals surface area (Å²) in [4.78, 5) is 22.9. The molecule has 5 nitrogen and oxygen atoms in total. The number of carbonyl (C=O) groups is 2. The van der Waals surface area contributed by atoms with Gasteiger partial charge in [0.05, 0.1) is 16.3 Å². The molecular formula is C15H13ClN2O3. The summed E-state index contributed by atoms with van der Waals surface area (Å²) in [7, 11) is 0. The number of halogens is 1. The third kappa shape index (κ3) is 3.59. The van der Waals surface area contributed by atoms with Crippen LogP contribution >= 0.6 is 11.6 Å². The van der Waals surface area contributed by atoms with Crippen LogP contribution in [0.4, 0.5) is 5.69 Å². The molecule has 1 atom stereocenters. The van der Waals surface area contributed by atoms with Crippen molar-refractivity contribution < 1.29 is 14.7 Å². The minimum atomic E-state index is -1.09. The lowest BCUT2D eigenvalue weighted by atomic mass is 10.1. The fraction of sp³-hybridized carbons (Fsp3) is 0.0667. The number of aromatic carboxylic acids is 1. The zero-order valence-electron chi connectivity index (χ0n) is 10.9. The van der Waals surface area contributed by atoms with Crippen molar-refractivity contribution in [2.45, 2.75) is 6.04 Å². The van der Waals surface area contributed by atoms with E-state index in [2.05, 4.69) is 5.32 Å². The summed E-state index contributed by atoms with van der Waals surface area (Å²) in [6, 6.07) is 12.1. The van der Waals surface area contributed by atoms with Crippen LogP contribution in [0, 0.1) is 0 Å². The number of anilines is 1. The molecule has 6 heteroatoms. The highest BCUT2D eigenvalue weighted by molar-refractivity contribution is 6.34. The maximum absolute atomic E-state index is 12.1. The van der Waals surface area contributed by atoms with Crippen molar-refractivity contribution in [3.05, 3.63) is 64.7 Å². The highest BCUT2D eigenvalue weighted by Crippen LogP contribution is 2.24. The largest absolute Gasteiger partial charge is 0.478 e. The molecule has 2 aromatic carbocycles. The Hall–Kier alpha value is -2.37. The lowest BCUT2D eigenvalue weighted by Gasteiger charge is -2.13. The molecule has 0 heterocycles. The van der Waals surface area contributed by atoms with Crippen LogP contribution in [0.5, 0.6) is 0 Å². The van der Waals surface area contributed by atoms with E-state index in [1.165, 1.54) is 18.2 Å². The standard InChI is InChI=1S/C15H13ClN2O3/c16-11-8-10(15(20)21)6-7-12(11)18-14(19)13(17)9-4-2-1-3-5-9/h1-8,13H,17H2,(H,18,19)(H,20,21). The zero-order valence-corrected chi connectivity index (χ0v) is 11.7. The van der Waals surface area contributed by atoms with Gasteiger partial charge < -0.3 is 16.2 Å². The maximum Gasteiger partial charge on any atom is 0.335 e. The van der Waals surface area contributed by atoms with Gasteiger partial charge in [-0.15, -0.1) is 0 Å². The topological polar surface area (TPSA) is 92.4 Å². The summed E-state index contributed by atoms with van der Waals surface area (Å²) in [6.07, 6.45) is 0. The van der Waals surface area contributed by atoms with Crippen LogP contribution in [-0.4, -0.2) is 17.0 Å². The normalized spacial score (nSPS) is 11.7. The number of nitrogens with one attached hydrogen (secondary N) is 1. The lowest BCUT2D eigenvalue weighted by molar-refractivity contribution is -0.117. The number of rotatable bonds is 4. The SMILES string of the molecule is NC(C(=O)Nc1ccc(C(=O)O)cc1Cl)c1ccccc1. The summed E-state index contributed by atoms with van der Waals surface area (Å²) in [5, 5.41) is 11.6. The smallest absolute Gasteiger partial charge is 0.335 e. The van der Waals surface area contributed by atoms with Gasteiger partial charge in [-0.25, -0.2) is 4.79 Å². The van der Waals surface area contributed by atoms with Crippen molar-refractivity contribution in [3.63, 3.8) is 0 Å². The molecular weight excluding hydrogens is 292 g/mol. The number of hydrogen-bond donors (Lipinski definition) is 3. The summed E-state index contributed by atoms with van der Waals surface area (Å²) >= 11 is 5.95. The molecule has 0 fully saturated rings. The summed E-state index contributed by atoms with van der Waals surface area (Å²) in [6.45, 7) is 0. The minimum absolute atomic E-state index is 0.0466. The highest BCUT2D eigenvalue weighted by Gasteiger charge is 2.17. The van der Waals surface area contributed by atoms with E-state index in [4.69, 9.17) is 22.4 Å². The van der Waals surface area contributed by atoms with E-state index in [1.54, 1.807) is 24.3 Å². The van der Waals surface area contributed by atoms with E-state index in [-0.39, 0.29) is 10.6 Å². The van der Waals surface area contributed by atoms with Crippen LogP contribution in [0.25, 0.3) is 0 Å². The van der Waals surface area contributed by atoms with Gasteiger partial charge in [-0.05, 0) is 23.8 Å². The van der Waals surface area contributed by atoms with Crippen LogP contribution < -0.4 is 11.1 Å². The van der Waals surface area contributed by atoms with Crippen molar-refractivity contribution in [1.82, 2.24) is 0 Å². The Labute approximate surface area is 126 Å². The first-order chi connectivity index (χ1) is 9.99. The zero-order chi connectivity index (χ0) is 15.4. The van der Waals surface area contributed by atoms with Crippen molar-refractivity contribution in [3.8, 4) is 0 Å². The molecule has 0 bridgehead atoms. The molecule has 0 saturated carbocycles. The van der Waals surface area contributed by atoms with Gasteiger partial charge in [0.25, 0.3) is 0 Å². The molecule has 1 amide bonds. The second kappa shape index (κ2) is 6.39. The van der Waals surface area contributed by atoms with E-state index in [0.29, 0.717) is 11.3 Å². The van der Waals surface area contributed by atoms with Crippen molar-refractivity contribution in [1.29, 1.82) is 0 Å². The van der Waals surface area contributed by atoms with Gasteiger partial charge in [-0.3, -0.25) is 4.79 Å². The van der Waals surface area contributed by atoms with Crippen LogP contribution in [0.2, 0.25) is 5.02 Å². The first-order valence-electron chi connectivity index (χ1n) is 6.13. The van der Waals surface area contributed by atoms with Gasteiger partial charge in [0.2, 0.25) is 5.91 Å². The Kier molecular flexibility index (Phi) is 4.57. The molecule has 2 rings (SSSR count). The maximum atomic E-state index is 12.1. The molecule has 0 aliphatic carbocycles. The van der Waals surface area contributed by atoms with Gasteiger partial charge in [-0.1, -0.05) is 41.9 Å². The molecule has 4 N–H and O–H groups in total. The predicted molar refractivity (Wildman–Crippen MR) is 80.4 cm³/mol. The summed E-state index contributed by atoms with van der Waals surface area (Å²) < 4.78 is 0. The molecule has 2 aromatic rings. The highest BCUT2D eigenvalue weighted by atomic mass is 35.5. The van der Waals surface area contributed by atoms with Gasteiger partial charge >= 0.3 is 5.97 Å². The Morgan fingerprint density at radius 3 is 2.38 bits per heavy atom. The first kappa shape index (κ1) is 15.0. The second-order valence-corrected chi connectivity index (χ2v) is 4.78. The van der Waals surface area contributed by atoms with Crippen LogP contribution in [0.1, 0.15) is 22.0 Å². The van der Waals surface area contributed by atoms with E-state index in [0.717, 1.165) is 0 Å². The second-order valence-electron chi connectivity index (χ2n) is 4.38. The van der Waals surface area contributed by atoms with E-state index < -0.39 is 17.9 Å². The predicted octanol–water partition coefficient (Wildman–Crippen LogP) is 2.68. The molecule has 0 saturated heterocycles. The van der Waals surface area contributed by atoms with Crippen LogP contribution in [0.15, 0.2) is 48.5 Å². The monoisotopic (exact) mass is 304 g/mol. The van der Waals surface area contributed by atoms with Gasteiger partial charge in [0.1, 0.15) is 6.04 Å². The quantitative estimate of drug-likeness (QED) is 0.809. The first-order valence-corrected chi connectivity index (χ1v) is 6.51. The average Bonchev–Trinajstić information content (AvgIpc) is 2.49. The minimum Gasteiger partial charge on any atom is -0.478 e.